The Balaban J connectivity index is 1.60. The van der Waals surface area contributed by atoms with Gasteiger partial charge < -0.3 is 19.8 Å². The number of H-pyrrole nitrogens is 1. The third-order valence-electron chi connectivity index (χ3n) is 4.80. The van der Waals surface area contributed by atoms with Gasteiger partial charge in [-0.1, -0.05) is 30.0 Å². The van der Waals surface area contributed by atoms with E-state index in [-0.39, 0.29) is 17.2 Å². The first-order valence-corrected chi connectivity index (χ1v) is 10.7. The average Bonchev–Trinajstić information content (AvgIpc) is 3.17. The van der Waals surface area contributed by atoms with E-state index in [9.17, 15) is 9.59 Å². The molecule has 2 heterocycles. The van der Waals surface area contributed by atoms with Crippen LogP contribution < -0.4 is 15.6 Å². The zero-order chi connectivity index (χ0) is 21.8. The molecule has 31 heavy (non-hydrogen) atoms. The summed E-state index contributed by atoms with van der Waals surface area (Å²) in [6.07, 6.45) is 0. The molecule has 4 rings (SSSR count). The molecular formula is C22H22N4O4S. The number of anilines is 1. The van der Waals surface area contributed by atoms with Crippen molar-refractivity contribution in [1.29, 1.82) is 0 Å². The summed E-state index contributed by atoms with van der Waals surface area (Å²) in [4.78, 5) is 33.5. The van der Waals surface area contributed by atoms with Crippen molar-refractivity contribution in [3.05, 3.63) is 58.9 Å². The predicted octanol–water partition coefficient (Wildman–Crippen LogP) is 3.26. The minimum Gasteiger partial charge on any atom is -0.497 e. The number of fused-ring (bicyclic) bond motifs is 3. The van der Waals surface area contributed by atoms with Crippen molar-refractivity contribution in [2.45, 2.75) is 11.7 Å². The van der Waals surface area contributed by atoms with Crippen LogP contribution in [0.5, 0.6) is 5.75 Å². The minimum atomic E-state index is -0.193. The summed E-state index contributed by atoms with van der Waals surface area (Å²) >= 11 is 1.22. The molecule has 0 spiro atoms. The van der Waals surface area contributed by atoms with Gasteiger partial charge in [-0.05, 0) is 30.3 Å². The molecule has 0 saturated carbocycles. The third-order valence-corrected chi connectivity index (χ3v) is 5.78. The monoisotopic (exact) mass is 438 g/mol. The van der Waals surface area contributed by atoms with E-state index < -0.39 is 0 Å². The number of hydrogen-bond donors (Lipinski definition) is 2. The van der Waals surface area contributed by atoms with Gasteiger partial charge >= 0.3 is 0 Å². The smallest absolute Gasteiger partial charge is 0.278 e. The zero-order valence-electron chi connectivity index (χ0n) is 17.2. The number of benzene rings is 2. The summed E-state index contributed by atoms with van der Waals surface area (Å²) in [5.41, 5.74) is 2.39. The Morgan fingerprint density at radius 2 is 1.94 bits per heavy atom. The van der Waals surface area contributed by atoms with Crippen molar-refractivity contribution in [2.24, 2.45) is 0 Å². The molecule has 8 nitrogen and oxygen atoms in total. The van der Waals surface area contributed by atoms with Gasteiger partial charge in [0.1, 0.15) is 16.8 Å². The lowest BCUT2D eigenvalue weighted by molar-refractivity contribution is -0.113. The third kappa shape index (κ3) is 4.42. The second kappa shape index (κ2) is 9.23. The number of aromatic nitrogens is 3. The molecule has 9 heteroatoms. The van der Waals surface area contributed by atoms with Gasteiger partial charge in [0.2, 0.25) is 5.91 Å². The quantitative estimate of drug-likeness (QED) is 0.324. The maximum atomic E-state index is 13.1. The molecule has 2 N–H and O–H groups in total. The SMILES string of the molecule is COCCn1c(SCC(=O)Nc2ccc(OC)cc2)nc2c([nH]c3ccccc32)c1=O. The van der Waals surface area contributed by atoms with E-state index in [1.165, 1.54) is 11.8 Å². The Morgan fingerprint density at radius 3 is 2.68 bits per heavy atom. The fraction of sp³-hybridized carbons (Fsp3) is 0.227. The number of carbonyl (C=O) groups is 1. The number of nitrogens with zero attached hydrogens (tertiary/aromatic N) is 2. The Hall–Kier alpha value is -3.30. The molecule has 0 aliphatic heterocycles. The number of rotatable bonds is 8. The second-order valence-corrected chi connectivity index (χ2v) is 7.75. The lowest BCUT2D eigenvalue weighted by atomic mass is 10.2. The Morgan fingerprint density at radius 1 is 1.16 bits per heavy atom. The number of methoxy groups -OCH3 is 2. The lowest BCUT2D eigenvalue weighted by Crippen LogP contribution is -2.26. The van der Waals surface area contributed by atoms with Gasteiger partial charge in [-0.3, -0.25) is 14.2 Å². The van der Waals surface area contributed by atoms with Crippen molar-refractivity contribution >= 4 is 45.3 Å². The first-order valence-electron chi connectivity index (χ1n) is 9.67. The maximum Gasteiger partial charge on any atom is 0.278 e. The topological polar surface area (TPSA) is 98.2 Å². The van der Waals surface area contributed by atoms with Crippen LogP contribution in [0.1, 0.15) is 0 Å². The van der Waals surface area contributed by atoms with Gasteiger partial charge in [0, 0.05) is 23.7 Å². The molecule has 4 aromatic rings. The van der Waals surface area contributed by atoms with Crippen LogP contribution in [0.2, 0.25) is 0 Å². The molecule has 0 aliphatic carbocycles. The summed E-state index contributed by atoms with van der Waals surface area (Å²) < 4.78 is 11.8. The molecule has 1 amide bonds. The number of para-hydroxylation sites is 1. The number of amides is 1. The van der Waals surface area contributed by atoms with Crippen LogP contribution in [0.25, 0.3) is 21.9 Å². The van der Waals surface area contributed by atoms with Gasteiger partial charge in [-0.2, -0.15) is 0 Å². The van der Waals surface area contributed by atoms with Crippen LogP contribution in [-0.4, -0.2) is 47.0 Å². The number of aromatic amines is 1. The highest BCUT2D eigenvalue weighted by atomic mass is 32.2. The number of nitrogens with one attached hydrogen (secondary N) is 2. The molecule has 160 valence electrons. The van der Waals surface area contributed by atoms with Gasteiger partial charge in [-0.25, -0.2) is 4.98 Å². The Labute approximate surface area is 182 Å². The number of ether oxygens (including phenoxy) is 2. The molecule has 0 bridgehead atoms. The highest BCUT2D eigenvalue weighted by Crippen LogP contribution is 2.25. The summed E-state index contributed by atoms with van der Waals surface area (Å²) in [7, 11) is 3.17. The van der Waals surface area contributed by atoms with Crippen LogP contribution >= 0.6 is 11.8 Å². The summed E-state index contributed by atoms with van der Waals surface area (Å²) in [6, 6.07) is 14.7. The van der Waals surface area contributed by atoms with E-state index in [0.29, 0.717) is 40.8 Å². The van der Waals surface area contributed by atoms with Crippen LogP contribution in [0.3, 0.4) is 0 Å². The number of carbonyl (C=O) groups excluding carboxylic acids is 1. The molecular weight excluding hydrogens is 416 g/mol. The van der Waals surface area contributed by atoms with E-state index in [0.717, 1.165) is 10.9 Å². The first-order chi connectivity index (χ1) is 15.1. The molecule has 0 aliphatic rings. The fourth-order valence-corrected chi connectivity index (χ4v) is 4.09. The summed E-state index contributed by atoms with van der Waals surface area (Å²) in [6.45, 7) is 0.703. The molecule has 0 radical (unpaired) electrons. The standard InChI is InChI=1S/C22H22N4O4S/c1-29-12-11-26-21(28)20-19(16-5-3-4-6-17(16)24-20)25-22(26)31-13-18(27)23-14-7-9-15(30-2)10-8-14/h3-10,24H,11-13H2,1-2H3,(H,23,27). The van der Waals surface area contributed by atoms with Crippen LogP contribution in [-0.2, 0) is 16.1 Å². The van der Waals surface area contributed by atoms with Gasteiger partial charge in [0.15, 0.2) is 5.16 Å². The predicted molar refractivity (Wildman–Crippen MR) is 122 cm³/mol. The van der Waals surface area contributed by atoms with E-state index in [1.54, 1.807) is 43.1 Å². The Bertz CT molecular complexity index is 1280. The van der Waals surface area contributed by atoms with Gasteiger partial charge in [-0.15, -0.1) is 0 Å². The van der Waals surface area contributed by atoms with E-state index in [4.69, 9.17) is 14.5 Å². The first kappa shape index (κ1) is 21.0. The van der Waals surface area contributed by atoms with Crippen molar-refractivity contribution in [3.63, 3.8) is 0 Å². The Kier molecular flexibility index (Phi) is 6.24. The molecule has 0 unspecified atom stereocenters. The molecule has 0 atom stereocenters. The van der Waals surface area contributed by atoms with E-state index >= 15 is 0 Å². The summed E-state index contributed by atoms with van der Waals surface area (Å²) in [5, 5.41) is 4.19. The van der Waals surface area contributed by atoms with Crippen LogP contribution in [0.4, 0.5) is 5.69 Å². The van der Waals surface area contributed by atoms with Crippen LogP contribution in [0, 0.1) is 0 Å². The van der Waals surface area contributed by atoms with Crippen molar-refractivity contribution in [3.8, 4) is 5.75 Å². The molecule has 2 aromatic carbocycles. The van der Waals surface area contributed by atoms with Crippen molar-refractivity contribution in [1.82, 2.24) is 14.5 Å². The number of thioether (sulfide) groups is 1. The molecule has 0 saturated heterocycles. The highest BCUT2D eigenvalue weighted by Gasteiger charge is 2.17. The maximum absolute atomic E-state index is 13.1. The summed E-state index contributed by atoms with van der Waals surface area (Å²) in [5.74, 6) is 0.631. The van der Waals surface area contributed by atoms with Crippen LogP contribution in [0.15, 0.2) is 58.5 Å². The van der Waals surface area contributed by atoms with Gasteiger partial charge in [0.05, 0.1) is 26.0 Å². The largest absolute Gasteiger partial charge is 0.497 e. The highest BCUT2D eigenvalue weighted by molar-refractivity contribution is 7.99. The second-order valence-electron chi connectivity index (χ2n) is 6.80. The van der Waals surface area contributed by atoms with E-state index in [2.05, 4.69) is 10.3 Å². The van der Waals surface area contributed by atoms with Crippen molar-refractivity contribution < 1.29 is 14.3 Å². The number of hydrogen-bond acceptors (Lipinski definition) is 6. The zero-order valence-corrected chi connectivity index (χ0v) is 18.0. The van der Waals surface area contributed by atoms with Gasteiger partial charge in [0.25, 0.3) is 5.56 Å². The fourth-order valence-electron chi connectivity index (χ4n) is 3.27. The average molecular weight is 439 g/mol. The van der Waals surface area contributed by atoms with Crippen molar-refractivity contribution in [2.75, 3.05) is 31.9 Å². The lowest BCUT2D eigenvalue weighted by Gasteiger charge is -2.12. The molecule has 0 fully saturated rings. The molecule has 2 aromatic heterocycles. The van der Waals surface area contributed by atoms with E-state index in [1.807, 2.05) is 24.3 Å². The normalized spacial score (nSPS) is 11.2. The minimum absolute atomic E-state index is 0.110.